The summed E-state index contributed by atoms with van der Waals surface area (Å²) >= 11 is 0. The molecule has 4 heteroatoms. The summed E-state index contributed by atoms with van der Waals surface area (Å²) in [7, 11) is 1.79. The summed E-state index contributed by atoms with van der Waals surface area (Å²) in [5.41, 5.74) is 0.378. The van der Waals surface area contributed by atoms with Crippen LogP contribution in [0.2, 0.25) is 0 Å². The molecule has 2 N–H and O–H groups in total. The normalized spacial score (nSPS) is 18.2. The van der Waals surface area contributed by atoms with Crippen molar-refractivity contribution in [3.05, 3.63) is 0 Å². The fraction of sp³-hybridized carbons (Fsp3) is 0.938. The number of aliphatic imine (C=N–C) groups is 1. The molecule has 1 aliphatic rings. The van der Waals surface area contributed by atoms with Gasteiger partial charge in [0.2, 0.25) is 0 Å². The van der Waals surface area contributed by atoms with Crippen LogP contribution in [0.15, 0.2) is 4.99 Å². The molecule has 0 aliphatic heterocycles. The van der Waals surface area contributed by atoms with Crippen LogP contribution in [0.1, 0.15) is 58.8 Å². The van der Waals surface area contributed by atoms with Gasteiger partial charge < -0.3 is 15.4 Å². The molecule has 0 amide bonds. The third kappa shape index (κ3) is 6.12. The lowest BCUT2D eigenvalue weighted by Crippen LogP contribution is -2.39. The van der Waals surface area contributed by atoms with E-state index < -0.39 is 0 Å². The standard InChI is InChI=1S/C16H33N3O/c1-4-6-12-18-15(17-5-2)19-14-16(11-13-20-3)9-7-8-10-16/h4-14H2,1-3H3,(H2,17,18,19). The molecular formula is C16H33N3O. The molecule has 1 fully saturated rings. The van der Waals surface area contributed by atoms with Crippen molar-refractivity contribution in [3.8, 4) is 0 Å². The second-order valence-electron chi connectivity index (χ2n) is 5.93. The molecule has 0 aromatic rings. The zero-order valence-corrected chi connectivity index (χ0v) is 13.6. The van der Waals surface area contributed by atoms with E-state index in [4.69, 9.17) is 9.73 Å². The van der Waals surface area contributed by atoms with E-state index in [1.165, 1.54) is 38.5 Å². The summed E-state index contributed by atoms with van der Waals surface area (Å²) in [6, 6.07) is 0. The fourth-order valence-electron chi connectivity index (χ4n) is 2.90. The van der Waals surface area contributed by atoms with Crippen LogP contribution >= 0.6 is 0 Å². The predicted molar refractivity (Wildman–Crippen MR) is 86.3 cm³/mol. The minimum Gasteiger partial charge on any atom is -0.385 e. The summed E-state index contributed by atoms with van der Waals surface area (Å²) in [5.74, 6) is 0.977. The summed E-state index contributed by atoms with van der Waals surface area (Å²) < 4.78 is 5.28. The van der Waals surface area contributed by atoms with Crippen molar-refractivity contribution in [1.29, 1.82) is 0 Å². The fourth-order valence-corrected chi connectivity index (χ4v) is 2.90. The lowest BCUT2D eigenvalue weighted by Gasteiger charge is -2.27. The van der Waals surface area contributed by atoms with Gasteiger partial charge in [-0.25, -0.2) is 0 Å². The van der Waals surface area contributed by atoms with Crippen LogP contribution in [0.5, 0.6) is 0 Å². The van der Waals surface area contributed by atoms with Gasteiger partial charge in [-0.3, -0.25) is 4.99 Å². The van der Waals surface area contributed by atoms with Gasteiger partial charge in [0.1, 0.15) is 0 Å². The Kier molecular flexibility index (Phi) is 8.67. The monoisotopic (exact) mass is 283 g/mol. The molecule has 0 saturated heterocycles. The van der Waals surface area contributed by atoms with Gasteiger partial charge in [0.05, 0.1) is 0 Å². The van der Waals surface area contributed by atoms with Crippen LogP contribution in [0.25, 0.3) is 0 Å². The zero-order chi connectivity index (χ0) is 14.7. The van der Waals surface area contributed by atoms with Crippen LogP contribution in [0.3, 0.4) is 0 Å². The molecule has 118 valence electrons. The lowest BCUT2D eigenvalue weighted by molar-refractivity contribution is 0.141. The number of unbranched alkanes of at least 4 members (excludes halogenated alkanes) is 1. The Hall–Kier alpha value is -0.770. The second-order valence-corrected chi connectivity index (χ2v) is 5.93. The van der Waals surface area contributed by atoms with E-state index in [1.807, 2.05) is 0 Å². The van der Waals surface area contributed by atoms with Crippen molar-refractivity contribution < 1.29 is 4.74 Å². The molecule has 0 heterocycles. The highest BCUT2D eigenvalue weighted by molar-refractivity contribution is 5.79. The van der Waals surface area contributed by atoms with E-state index in [2.05, 4.69) is 24.5 Å². The Morgan fingerprint density at radius 1 is 1.20 bits per heavy atom. The molecular weight excluding hydrogens is 250 g/mol. The number of nitrogens with one attached hydrogen (secondary N) is 2. The molecule has 20 heavy (non-hydrogen) atoms. The quantitative estimate of drug-likeness (QED) is 0.388. The number of ether oxygens (including phenoxy) is 1. The number of methoxy groups -OCH3 is 1. The first kappa shape index (κ1) is 17.3. The average Bonchev–Trinajstić information content (AvgIpc) is 2.92. The van der Waals surface area contributed by atoms with Crippen LogP contribution in [-0.4, -0.2) is 39.3 Å². The highest BCUT2D eigenvalue weighted by Gasteiger charge is 2.33. The summed E-state index contributed by atoms with van der Waals surface area (Å²) in [6.07, 6.45) is 8.84. The average molecular weight is 283 g/mol. The first-order valence-electron chi connectivity index (χ1n) is 8.27. The number of rotatable bonds is 9. The van der Waals surface area contributed by atoms with E-state index in [0.29, 0.717) is 5.41 Å². The minimum absolute atomic E-state index is 0.378. The van der Waals surface area contributed by atoms with E-state index in [0.717, 1.165) is 38.6 Å². The highest BCUT2D eigenvalue weighted by atomic mass is 16.5. The minimum atomic E-state index is 0.378. The van der Waals surface area contributed by atoms with Gasteiger partial charge in [0.15, 0.2) is 5.96 Å². The van der Waals surface area contributed by atoms with Crippen molar-refractivity contribution in [2.45, 2.75) is 58.8 Å². The molecule has 0 aromatic heterocycles. The van der Waals surface area contributed by atoms with E-state index in [1.54, 1.807) is 7.11 Å². The van der Waals surface area contributed by atoms with Crippen molar-refractivity contribution in [3.63, 3.8) is 0 Å². The Labute approximate surface area is 124 Å². The Balaban J connectivity index is 2.52. The summed E-state index contributed by atoms with van der Waals surface area (Å²) in [6.45, 7) is 8.04. The molecule has 0 bridgehead atoms. The maximum absolute atomic E-state index is 5.28. The van der Waals surface area contributed by atoms with E-state index in [-0.39, 0.29) is 0 Å². The third-order valence-corrected chi connectivity index (χ3v) is 4.24. The van der Waals surface area contributed by atoms with Gasteiger partial charge in [-0.2, -0.15) is 0 Å². The van der Waals surface area contributed by atoms with Gasteiger partial charge in [-0.05, 0) is 38.0 Å². The second kappa shape index (κ2) is 10.0. The lowest BCUT2D eigenvalue weighted by atomic mass is 9.83. The van der Waals surface area contributed by atoms with Crippen molar-refractivity contribution in [1.82, 2.24) is 10.6 Å². The molecule has 0 aromatic carbocycles. The van der Waals surface area contributed by atoms with E-state index >= 15 is 0 Å². The van der Waals surface area contributed by atoms with Crippen LogP contribution in [0.4, 0.5) is 0 Å². The van der Waals surface area contributed by atoms with Gasteiger partial charge >= 0.3 is 0 Å². The molecule has 0 atom stereocenters. The highest BCUT2D eigenvalue weighted by Crippen LogP contribution is 2.41. The number of guanidine groups is 1. The molecule has 1 aliphatic carbocycles. The third-order valence-electron chi connectivity index (χ3n) is 4.24. The van der Waals surface area contributed by atoms with Crippen molar-refractivity contribution >= 4 is 5.96 Å². The van der Waals surface area contributed by atoms with Gasteiger partial charge in [0, 0.05) is 33.4 Å². The number of hydrogen-bond donors (Lipinski definition) is 2. The predicted octanol–water partition coefficient (Wildman–Crippen LogP) is 2.94. The molecule has 0 radical (unpaired) electrons. The van der Waals surface area contributed by atoms with Crippen molar-refractivity contribution in [2.75, 3.05) is 33.4 Å². The Morgan fingerprint density at radius 2 is 1.95 bits per heavy atom. The van der Waals surface area contributed by atoms with Crippen LogP contribution in [-0.2, 0) is 4.74 Å². The smallest absolute Gasteiger partial charge is 0.191 e. The number of nitrogens with zero attached hydrogens (tertiary/aromatic N) is 1. The zero-order valence-electron chi connectivity index (χ0n) is 13.6. The largest absolute Gasteiger partial charge is 0.385 e. The maximum atomic E-state index is 5.28. The Bertz CT molecular complexity index is 273. The van der Waals surface area contributed by atoms with Crippen molar-refractivity contribution in [2.24, 2.45) is 10.4 Å². The topological polar surface area (TPSA) is 45.7 Å². The molecule has 1 saturated carbocycles. The molecule has 4 nitrogen and oxygen atoms in total. The summed E-state index contributed by atoms with van der Waals surface area (Å²) in [5, 5.41) is 6.77. The van der Waals surface area contributed by atoms with Gasteiger partial charge in [-0.15, -0.1) is 0 Å². The summed E-state index contributed by atoms with van der Waals surface area (Å²) in [4.78, 5) is 4.83. The first-order valence-corrected chi connectivity index (χ1v) is 8.27. The SMILES string of the molecule is CCCCNC(=NCC1(CCOC)CCCC1)NCC. The number of hydrogen-bond acceptors (Lipinski definition) is 2. The van der Waals surface area contributed by atoms with Crippen LogP contribution in [0, 0.1) is 5.41 Å². The van der Waals surface area contributed by atoms with Crippen LogP contribution < -0.4 is 10.6 Å². The first-order chi connectivity index (χ1) is 9.76. The molecule has 0 unspecified atom stereocenters. The Morgan fingerprint density at radius 3 is 2.55 bits per heavy atom. The molecule has 1 rings (SSSR count). The van der Waals surface area contributed by atoms with Gasteiger partial charge in [0.25, 0.3) is 0 Å². The van der Waals surface area contributed by atoms with E-state index in [9.17, 15) is 0 Å². The maximum Gasteiger partial charge on any atom is 0.191 e. The van der Waals surface area contributed by atoms with Gasteiger partial charge in [-0.1, -0.05) is 26.2 Å². The molecule has 0 spiro atoms.